The molecule has 0 aliphatic heterocycles. The van der Waals surface area contributed by atoms with Crippen LogP contribution >= 0.6 is 11.8 Å². The summed E-state index contributed by atoms with van der Waals surface area (Å²) in [5.41, 5.74) is 8.92. The third kappa shape index (κ3) is 3.75. The molecular weight excluding hydrogens is 262 g/mol. The zero-order valence-corrected chi connectivity index (χ0v) is 11.6. The van der Waals surface area contributed by atoms with E-state index in [1.165, 1.54) is 11.8 Å². The number of oxazole rings is 1. The molecule has 1 aromatic carbocycles. The van der Waals surface area contributed by atoms with Gasteiger partial charge >= 0.3 is 0 Å². The molecule has 0 saturated heterocycles. The zero-order valence-electron chi connectivity index (χ0n) is 10.8. The fourth-order valence-corrected chi connectivity index (χ4v) is 2.09. The van der Waals surface area contributed by atoms with Crippen LogP contribution in [0.1, 0.15) is 11.3 Å². The Balaban J connectivity index is 1.88. The van der Waals surface area contributed by atoms with Crippen LogP contribution in [-0.2, 0) is 4.79 Å². The highest BCUT2D eigenvalue weighted by molar-refractivity contribution is 7.99. The van der Waals surface area contributed by atoms with Crippen LogP contribution in [0.25, 0.3) is 0 Å². The summed E-state index contributed by atoms with van der Waals surface area (Å²) in [6.45, 7) is 3.75. The predicted octanol–water partition coefficient (Wildman–Crippen LogP) is 2.60. The molecule has 0 fully saturated rings. The van der Waals surface area contributed by atoms with Gasteiger partial charge in [0, 0.05) is 11.4 Å². The Morgan fingerprint density at radius 1 is 1.47 bits per heavy atom. The molecule has 100 valence electrons. The largest absolute Gasteiger partial charge is 0.440 e. The van der Waals surface area contributed by atoms with Crippen molar-refractivity contribution in [1.82, 2.24) is 4.98 Å². The number of aryl methyl sites for hydroxylation is 2. The normalized spacial score (nSPS) is 10.4. The number of nitrogens with one attached hydrogen (secondary N) is 1. The number of thioether (sulfide) groups is 1. The first-order chi connectivity index (χ1) is 9.04. The Bertz CT molecular complexity index is 595. The molecule has 5 nitrogen and oxygen atoms in total. The summed E-state index contributed by atoms with van der Waals surface area (Å²) < 4.78 is 5.15. The van der Waals surface area contributed by atoms with Crippen molar-refractivity contribution >= 4 is 29.0 Å². The molecule has 1 aromatic heterocycles. The zero-order chi connectivity index (χ0) is 13.8. The molecule has 2 aromatic rings. The third-order valence-corrected chi connectivity index (χ3v) is 3.33. The Hall–Kier alpha value is -1.95. The second-order valence-electron chi connectivity index (χ2n) is 4.16. The Morgan fingerprint density at radius 3 is 2.89 bits per heavy atom. The van der Waals surface area contributed by atoms with Crippen LogP contribution < -0.4 is 11.1 Å². The maximum Gasteiger partial charge on any atom is 0.256 e. The summed E-state index contributed by atoms with van der Waals surface area (Å²) in [5.74, 6) is 0.123. The van der Waals surface area contributed by atoms with Crippen molar-refractivity contribution in [3.05, 3.63) is 35.7 Å². The number of hydrogen-bond donors (Lipinski definition) is 2. The maximum atomic E-state index is 11.7. The number of amides is 1. The van der Waals surface area contributed by atoms with Crippen LogP contribution in [0.3, 0.4) is 0 Å². The number of carbonyl (C=O) groups excluding carboxylic acids is 1. The Labute approximate surface area is 115 Å². The van der Waals surface area contributed by atoms with E-state index < -0.39 is 0 Å². The lowest BCUT2D eigenvalue weighted by atomic mass is 10.2. The molecule has 0 aliphatic carbocycles. The molecule has 0 unspecified atom stereocenters. The molecule has 0 bridgehead atoms. The molecule has 1 amide bonds. The topological polar surface area (TPSA) is 81.2 Å². The SMILES string of the molecule is Cc1coc(SCC(=O)Nc2ccc(C)c(N)c2)n1. The molecule has 0 aliphatic rings. The number of nitrogens with zero attached hydrogens (tertiary/aromatic N) is 1. The highest BCUT2D eigenvalue weighted by Gasteiger charge is 2.07. The van der Waals surface area contributed by atoms with E-state index in [1.807, 2.05) is 26.0 Å². The van der Waals surface area contributed by atoms with E-state index in [0.717, 1.165) is 11.3 Å². The number of hydrogen-bond acceptors (Lipinski definition) is 5. The van der Waals surface area contributed by atoms with Gasteiger partial charge in [0.15, 0.2) is 0 Å². The molecule has 19 heavy (non-hydrogen) atoms. The first kappa shape index (κ1) is 13.5. The maximum absolute atomic E-state index is 11.7. The average Bonchev–Trinajstić information content (AvgIpc) is 2.77. The lowest BCUT2D eigenvalue weighted by Crippen LogP contribution is -2.14. The Kier molecular flexibility index (Phi) is 4.11. The number of nitrogen functional groups attached to an aromatic ring is 1. The van der Waals surface area contributed by atoms with Crippen molar-refractivity contribution in [2.24, 2.45) is 0 Å². The van der Waals surface area contributed by atoms with Gasteiger partial charge in [-0.1, -0.05) is 17.8 Å². The molecule has 1 heterocycles. The lowest BCUT2D eigenvalue weighted by molar-refractivity contribution is -0.113. The molecule has 3 N–H and O–H groups in total. The minimum Gasteiger partial charge on any atom is -0.440 e. The standard InChI is InChI=1S/C13H15N3O2S/c1-8-3-4-10(5-11(8)14)16-12(17)7-19-13-15-9(2)6-18-13/h3-6H,7,14H2,1-2H3,(H,16,17). The quantitative estimate of drug-likeness (QED) is 0.663. The first-order valence-electron chi connectivity index (χ1n) is 5.75. The van der Waals surface area contributed by atoms with Crippen LogP contribution in [0.2, 0.25) is 0 Å². The van der Waals surface area contributed by atoms with Gasteiger partial charge in [-0.15, -0.1) is 0 Å². The smallest absolute Gasteiger partial charge is 0.256 e. The second kappa shape index (κ2) is 5.79. The van der Waals surface area contributed by atoms with E-state index in [2.05, 4.69) is 10.3 Å². The van der Waals surface area contributed by atoms with Gasteiger partial charge in [-0.2, -0.15) is 0 Å². The van der Waals surface area contributed by atoms with Gasteiger partial charge in [0.2, 0.25) is 5.91 Å². The number of carbonyl (C=O) groups is 1. The summed E-state index contributed by atoms with van der Waals surface area (Å²) in [4.78, 5) is 15.9. The summed E-state index contributed by atoms with van der Waals surface area (Å²) in [7, 11) is 0. The number of anilines is 2. The van der Waals surface area contributed by atoms with E-state index in [4.69, 9.17) is 10.2 Å². The van der Waals surface area contributed by atoms with Gasteiger partial charge in [-0.05, 0) is 31.5 Å². The van der Waals surface area contributed by atoms with Gasteiger partial charge in [0.25, 0.3) is 5.22 Å². The van der Waals surface area contributed by atoms with Crippen LogP contribution in [0.4, 0.5) is 11.4 Å². The number of aromatic nitrogens is 1. The van der Waals surface area contributed by atoms with Crippen molar-refractivity contribution < 1.29 is 9.21 Å². The van der Waals surface area contributed by atoms with Crippen molar-refractivity contribution in [3.63, 3.8) is 0 Å². The van der Waals surface area contributed by atoms with Gasteiger partial charge in [-0.3, -0.25) is 4.79 Å². The van der Waals surface area contributed by atoms with E-state index in [-0.39, 0.29) is 11.7 Å². The molecule has 0 atom stereocenters. The van der Waals surface area contributed by atoms with E-state index >= 15 is 0 Å². The lowest BCUT2D eigenvalue weighted by Gasteiger charge is -2.06. The molecule has 0 spiro atoms. The predicted molar refractivity (Wildman–Crippen MR) is 76.2 cm³/mol. The molecule has 6 heteroatoms. The highest BCUT2D eigenvalue weighted by atomic mass is 32.2. The van der Waals surface area contributed by atoms with Gasteiger partial charge in [0.05, 0.1) is 11.4 Å². The number of nitrogens with two attached hydrogens (primary N) is 1. The summed E-state index contributed by atoms with van der Waals surface area (Å²) in [5, 5.41) is 3.27. The van der Waals surface area contributed by atoms with Gasteiger partial charge in [0.1, 0.15) is 6.26 Å². The Morgan fingerprint density at radius 2 is 2.26 bits per heavy atom. The van der Waals surface area contributed by atoms with Crippen LogP contribution in [0, 0.1) is 13.8 Å². The monoisotopic (exact) mass is 277 g/mol. The molecular formula is C13H15N3O2S. The van der Waals surface area contributed by atoms with E-state index in [1.54, 1.807) is 12.3 Å². The van der Waals surface area contributed by atoms with Gasteiger partial charge < -0.3 is 15.5 Å². The fraction of sp³-hybridized carbons (Fsp3) is 0.231. The van der Waals surface area contributed by atoms with Crippen LogP contribution in [-0.4, -0.2) is 16.6 Å². The fourth-order valence-electron chi connectivity index (χ4n) is 1.44. The molecule has 0 radical (unpaired) electrons. The number of rotatable bonds is 4. The van der Waals surface area contributed by atoms with E-state index in [0.29, 0.717) is 16.6 Å². The average molecular weight is 277 g/mol. The minimum atomic E-state index is -0.121. The minimum absolute atomic E-state index is 0.121. The van der Waals surface area contributed by atoms with Crippen molar-refractivity contribution in [3.8, 4) is 0 Å². The first-order valence-corrected chi connectivity index (χ1v) is 6.74. The van der Waals surface area contributed by atoms with E-state index in [9.17, 15) is 4.79 Å². The highest BCUT2D eigenvalue weighted by Crippen LogP contribution is 2.19. The van der Waals surface area contributed by atoms with Gasteiger partial charge in [-0.25, -0.2) is 4.98 Å². The summed E-state index contributed by atoms with van der Waals surface area (Å²) in [6.07, 6.45) is 1.56. The second-order valence-corrected chi connectivity index (χ2v) is 5.09. The third-order valence-electron chi connectivity index (χ3n) is 2.49. The number of benzene rings is 1. The summed E-state index contributed by atoms with van der Waals surface area (Å²) in [6, 6.07) is 5.44. The van der Waals surface area contributed by atoms with Crippen LogP contribution in [0.5, 0.6) is 0 Å². The molecule has 0 saturated carbocycles. The van der Waals surface area contributed by atoms with Crippen molar-refractivity contribution in [1.29, 1.82) is 0 Å². The molecule has 2 rings (SSSR count). The van der Waals surface area contributed by atoms with Crippen LogP contribution in [0.15, 0.2) is 34.1 Å². The summed E-state index contributed by atoms with van der Waals surface area (Å²) >= 11 is 1.25. The van der Waals surface area contributed by atoms with Crippen molar-refractivity contribution in [2.75, 3.05) is 16.8 Å². The van der Waals surface area contributed by atoms with Crippen molar-refractivity contribution in [2.45, 2.75) is 19.1 Å².